The minimum atomic E-state index is 0.459. The molecule has 0 N–H and O–H groups in total. The Morgan fingerprint density at radius 2 is 1.33 bits per heavy atom. The Kier molecular flexibility index (Phi) is 3.41. The second-order valence-electron chi connectivity index (χ2n) is 22.7. The van der Waals surface area contributed by atoms with Gasteiger partial charge in [-0.1, -0.05) is 41.0 Å². The number of nitrogens with zero attached hydrogens (tertiary/aromatic N) is 1. The lowest BCUT2D eigenvalue weighted by molar-refractivity contribution is -0.157. The predicted octanol–water partition coefficient (Wildman–Crippen LogP) is 8.31. The maximum Gasteiger partial charge on any atom is 0.0478 e. The summed E-state index contributed by atoms with van der Waals surface area (Å²) in [5.74, 6) is 29.2. The number of fused-ring (bicyclic) bond motifs is 1. The molecule has 2 heterocycles. The standard InChI is InChI=1S/C46H49NS/c1-47-13-46-12-20-10-18-8-15-5-14-6-17-7-16-9-19-11-21(43(46)45(47)22-3-2-4-48-22)30-35-26(19)25(16)32-27(17)31-23(14)24(15)33-28(18)34-29(20)44(46)42(30)41-39(34)37(33)36(31)38(32)40(35)41/h2-4,8-9,12,14,16-18,21,23-45H,5-7,10-11,13H2,1H3. The van der Waals surface area contributed by atoms with Gasteiger partial charge in [0.2, 0.25) is 0 Å². The quantitative estimate of drug-likeness (QED) is 0.277. The summed E-state index contributed by atoms with van der Waals surface area (Å²) in [7, 11) is 2.59. The largest absolute Gasteiger partial charge is 0.297 e. The van der Waals surface area contributed by atoms with Crippen molar-refractivity contribution in [3.63, 3.8) is 0 Å². The van der Waals surface area contributed by atoms with Gasteiger partial charge in [0.05, 0.1) is 0 Å². The SMILES string of the molecule is CN1CC23C=C4CC5C=C6CC7CC8CC9C=C%10CC(C%11C%12C%10C9C9C8C8C7C6C6C5C5C4C2C%11C2C5C6C8C9C%122)C3C1c1cccs1. The number of thiophene rings is 1. The van der Waals surface area contributed by atoms with Crippen LogP contribution in [0.3, 0.4) is 0 Å². The Balaban J connectivity index is 0.999. The van der Waals surface area contributed by atoms with Crippen LogP contribution in [0.4, 0.5) is 0 Å². The zero-order valence-corrected chi connectivity index (χ0v) is 29.0. The molecule has 1 spiro atoms. The van der Waals surface area contributed by atoms with Crippen molar-refractivity contribution >= 4 is 11.3 Å². The normalized spacial score (nSPS) is 75.5. The van der Waals surface area contributed by atoms with E-state index in [1.54, 1.807) is 24.1 Å². The summed E-state index contributed by atoms with van der Waals surface area (Å²) in [5, 5.41) is 2.42. The number of hydrogen-bond donors (Lipinski definition) is 0. The summed E-state index contributed by atoms with van der Waals surface area (Å²) in [6, 6.07) is 5.63. The lowest BCUT2D eigenvalue weighted by Gasteiger charge is -2.63. The monoisotopic (exact) mass is 647 g/mol. The van der Waals surface area contributed by atoms with Crippen molar-refractivity contribution in [1.29, 1.82) is 0 Å². The van der Waals surface area contributed by atoms with Crippen molar-refractivity contribution in [3.05, 3.63) is 57.3 Å². The molecule has 0 aromatic carbocycles. The number of likely N-dealkylation sites (tertiary alicyclic amines) is 1. The molecule has 1 saturated heterocycles. The zero-order chi connectivity index (χ0) is 29.7. The van der Waals surface area contributed by atoms with Gasteiger partial charge in [-0.05, 0) is 210 Å². The van der Waals surface area contributed by atoms with Gasteiger partial charge in [0.25, 0.3) is 0 Å². The van der Waals surface area contributed by atoms with E-state index in [9.17, 15) is 0 Å². The third-order valence-corrected chi connectivity index (χ3v) is 24.4. The van der Waals surface area contributed by atoms with Gasteiger partial charge in [0.1, 0.15) is 0 Å². The van der Waals surface area contributed by atoms with Gasteiger partial charge < -0.3 is 0 Å². The molecule has 18 rings (SSSR count). The van der Waals surface area contributed by atoms with E-state index in [2.05, 4.69) is 75.7 Å². The van der Waals surface area contributed by atoms with Crippen molar-refractivity contribution in [2.24, 2.45) is 165 Å². The number of hydrogen-bond acceptors (Lipinski definition) is 2. The average molecular weight is 648 g/mol. The molecule has 17 aliphatic rings. The molecule has 14 fully saturated rings. The van der Waals surface area contributed by atoms with E-state index in [4.69, 9.17) is 0 Å². The maximum absolute atomic E-state index is 3.20. The van der Waals surface area contributed by atoms with Crippen LogP contribution in [0.1, 0.15) is 43.0 Å². The highest BCUT2D eigenvalue weighted by Crippen LogP contribution is 2.93. The van der Waals surface area contributed by atoms with E-state index in [-0.39, 0.29) is 0 Å². The molecule has 244 valence electrons. The topological polar surface area (TPSA) is 3.24 Å². The van der Waals surface area contributed by atoms with E-state index in [0.29, 0.717) is 11.5 Å². The second kappa shape index (κ2) is 6.76. The fraction of sp³-hybridized carbons (Fsp3) is 0.783. The van der Waals surface area contributed by atoms with Gasteiger partial charge in [-0.15, -0.1) is 11.3 Å². The van der Waals surface area contributed by atoms with Crippen LogP contribution >= 0.6 is 11.3 Å². The van der Waals surface area contributed by atoms with Gasteiger partial charge in [-0.2, -0.15) is 0 Å². The van der Waals surface area contributed by atoms with Gasteiger partial charge >= 0.3 is 0 Å². The number of rotatable bonds is 1. The van der Waals surface area contributed by atoms with Crippen molar-refractivity contribution < 1.29 is 0 Å². The molecule has 0 radical (unpaired) electrons. The predicted molar refractivity (Wildman–Crippen MR) is 184 cm³/mol. The highest BCUT2D eigenvalue weighted by Gasteiger charge is 2.89. The molecule has 2 heteroatoms. The van der Waals surface area contributed by atoms with Crippen LogP contribution in [0.25, 0.3) is 0 Å². The van der Waals surface area contributed by atoms with Gasteiger partial charge in [-0.3, -0.25) is 4.90 Å². The third-order valence-electron chi connectivity index (χ3n) is 23.4. The molecule has 1 aromatic rings. The smallest absolute Gasteiger partial charge is 0.0478 e. The molecule has 1 aromatic heterocycles. The first-order valence-corrected chi connectivity index (χ1v) is 22.5. The van der Waals surface area contributed by atoms with Gasteiger partial charge in [-0.25, -0.2) is 0 Å². The Bertz CT molecular complexity index is 1950. The van der Waals surface area contributed by atoms with Crippen molar-refractivity contribution in [2.45, 2.75) is 38.1 Å². The summed E-state index contributed by atoms with van der Waals surface area (Å²) in [6.45, 7) is 1.38. The lowest BCUT2D eigenvalue weighted by Crippen LogP contribution is -2.61. The molecule has 0 bridgehead atoms. The van der Waals surface area contributed by atoms with E-state index < -0.39 is 0 Å². The summed E-state index contributed by atoms with van der Waals surface area (Å²) < 4.78 is 0. The summed E-state index contributed by atoms with van der Waals surface area (Å²) >= 11 is 2.11. The van der Waals surface area contributed by atoms with E-state index in [1.165, 1.54) is 37.1 Å². The molecule has 29 atom stereocenters. The Hall–Kier alpha value is -1.12. The van der Waals surface area contributed by atoms with Gasteiger partial charge in [0, 0.05) is 22.9 Å². The van der Waals surface area contributed by atoms with Crippen molar-refractivity contribution in [2.75, 3.05) is 13.6 Å². The fourth-order valence-corrected chi connectivity index (χ4v) is 26.0. The van der Waals surface area contributed by atoms with Crippen LogP contribution in [-0.2, 0) is 0 Å². The summed E-state index contributed by atoms with van der Waals surface area (Å²) in [5.41, 5.74) is 6.73. The fourth-order valence-electron chi connectivity index (χ4n) is 25.0. The van der Waals surface area contributed by atoms with Crippen LogP contribution < -0.4 is 0 Å². The molecular formula is C46H49NS. The van der Waals surface area contributed by atoms with Crippen LogP contribution in [0, 0.1) is 165 Å². The molecule has 13 saturated carbocycles. The molecule has 29 unspecified atom stereocenters. The molecule has 1 nitrogen and oxygen atoms in total. The Morgan fingerprint density at radius 3 is 2.21 bits per heavy atom. The first-order valence-electron chi connectivity index (χ1n) is 21.6. The van der Waals surface area contributed by atoms with E-state index >= 15 is 0 Å². The summed E-state index contributed by atoms with van der Waals surface area (Å²) in [4.78, 5) is 4.69. The second-order valence-corrected chi connectivity index (χ2v) is 23.7. The maximum atomic E-state index is 3.20. The van der Waals surface area contributed by atoms with Crippen molar-refractivity contribution in [3.8, 4) is 0 Å². The molecule has 0 amide bonds. The van der Waals surface area contributed by atoms with Crippen LogP contribution in [0.5, 0.6) is 0 Å². The van der Waals surface area contributed by atoms with Gasteiger partial charge in [0.15, 0.2) is 0 Å². The van der Waals surface area contributed by atoms with Crippen LogP contribution in [0.15, 0.2) is 52.5 Å². The first kappa shape index (κ1) is 24.2. The molecular weight excluding hydrogens is 599 g/mol. The lowest BCUT2D eigenvalue weighted by atomic mass is 9.40. The Morgan fingerprint density at radius 1 is 0.604 bits per heavy atom. The van der Waals surface area contributed by atoms with Crippen LogP contribution in [-0.4, -0.2) is 18.5 Å². The highest BCUT2D eigenvalue weighted by atomic mass is 32.1. The van der Waals surface area contributed by atoms with E-state index in [0.717, 1.165) is 142 Å². The Labute approximate surface area is 289 Å². The molecule has 16 aliphatic carbocycles. The number of allylic oxidation sites excluding steroid dienone is 5. The van der Waals surface area contributed by atoms with E-state index in [1.807, 2.05) is 0 Å². The first-order chi connectivity index (χ1) is 23.7. The zero-order valence-electron chi connectivity index (χ0n) is 28.2. The minimum Gasteiger partial charge on any atom is -0.297 e. The molecule has 1 aliphatic heterocycles. The highest BCUT2D eigenvalue weighted by molar-refractivity contribution is 7.10. The average Bonchev–Trinajstić information content (AvgIpc) is 3.92. The summed E-state index contributed by atoms with van der Waals surface area (Å²) in [6.07, 6.45) is 17.3. The van der Waals surface area contributed by atoms with Crippen LogP contribution in [0.2, 0.25) is 0 Å². The molecule has 48 heavy (non-hydrogen) atoms. The minimum absolute atomic E-state index is 0.459. The third kappa shape index (κ3) is 1.92. The van der Waals surface area contributed by atoms with Crippen molar-refractivity contribution in [1.82, 2.24) is 4.90 Å².